The number of nitrogens with one attached hydrogen (secondary N) is 1. The first kappa shape index (κ1) is 14.2. The van der Waals surface area contributed by atoms with E-state index < -0.39 is 0 Å². The van der Waals surface area contributed by atoms with E-state index in [0.29, 0.717) is 5.78 Å². The maximum atomic E-state index is 12.4. The van der Waals surface area contributed by atoms with Gasteiger partial charge in [0.25, 0.3) is 11.7 Å². The molecule has 6 heteroatoms. The molecule has 0 fully saturated rings. The summed E-state index contributed by atoms with van der Waals surface area (Å²) in [6, 6.07) is 7.67. The van der Waals surface area contributed by atoms with Crippen molar-refractivity contribution in [1.29, 1.82) is 0 Å². The molecule has 0 spiro atoms. The molecule has 1 amide bonds. The zero-order valence-electron chi connectivity index (χ0n) is 13.0. The topological polar surface area (TPSA) is 72.2 Å². The molecule has 0 unspecified atom stereocenters. The molecule has 3 rings (SSSR count). The van der Waals surface area contributed by atoms with Crippen LogP contribution in [0.2, 0.25) is 0 Å². The molecule has 1 N–H and O–H groups in total. The van der Waals surface area contributed by atoms with Crippen LogP contribution in [0.1, 0.15) is 33.1 Å². The van der Waals surface area contributed by atoms with Gasteiger partial charge in [-0.1, -0.05) is 12.1 Å². The number of amides is 1. The van der Waals surface area contributed by atoms with Gasteiger partial charge in [-0.3, -0.25) is 4.79 Å². The second kappa shape index (κ2) is 5.22. The van der Waals surface area contributed by atoms with E-state index in [-0.39, 0.29) is 11.7 Å². The lowest BCUT2D eigenvalue weighted by atomic mass is 10.1. The number of aryl methyl sites for hydroxylation is 3. The summed E-state index contributed by atoms with van der Waals surface area (Å²) in [6.07, 6.45) is 0. The van der Waals surface area contributed by atoms with Gasteiger partial charge >= 0.3 is 0 Å². The zero-order chi connectivity index (χ0) is 15.9. The number of fused-ring (bicyclic) bond motifs is 1. The molecule has 6 nitrogen and oxygen atoms in total. The van der Waals surface area contributed by atoms with E-state index in [1.165, 1.54) is 0 Å². The quantitative estimate of drug-likeness (QED) is 0.788. The lowest BCUT2D eigenvalue weighted by Crippen LogP contribution is -2.15. The van der Waals surface area contributed by atoms with Crippen LogP contribution in [0, 0.1) is 27.7 Å². The SMILES string of the molecule is Cc1cc(C)n2nc(C(=O)Nc3cccc(C)c3C)nc2n1. The second-order valence-corrected chi connectivity index (χ2v) is 5.39. The molecular weight excluding hydrogens is 278 g/mol. The summed E-state index contributed by atoms with van der Waals surface area (Å²) in [5.41, 5.74) is 4.66. The number of hydrogen-bond acceptors (Lipinski definition) is 4. The van der Waals surface area contributed by atoms with E-state index in [0.717, 1.165) is 28.2 Å². The lowest BCUT2D eigenvalue weighted by Gasteiger charge is -2.08. The summed E-state index contributed by atoms with van der Waals surface area (Å²) in [5, 5.41) is 7.09. The van der Waals surface area contributed by atoms with Crippen LogP contribution < -0.4 is 5.32 Å². The molecule has 0 radical (unpaired) electrons. The summed E-state index contributed by atoms with van der Waals surface area (Å²) < 4.78 is 1.57. The van der Waals surface area contributed by atoms with Crippen molar-refractivity contribution in [1.82, 2.24) is 19.6 Å². The third-order valence-corrected chi connectivity index (χ3v) is 3.67. The number of nitrogens with zero attached hydrogens (tertiary/aromatic N) is 4. The number of hydrogen-bond donors (Lipinski definition) is 1. The first-order valence-corrected chi connectivity index (χ1v) is 7.04. The van der Waals surface area contributed by atoms with Crippen LogP contribution in [-0.2, 0) is 0 Å². The molecule has 0 atom stereocenters. The smallest absolute Gasteiger partial charge is 0.295 e. The van der Waals surface area contributed by atoms with Crippen LogP contribution in [0.4, 0.5) is 5.69 Å². The van der Waals surface area contributed by atoms with Crippen molar-refractivity contribution >= 4 is 17.4 Å². The Morgan fingerprint density at radius 2 is 1.91 bits per heavy atom. The number of aromatic nitrogens is 4. The number of anilines is 1. The van der Waals surface area contributed by atoms with Gasteiger partial charge in [0.1, 0.15) is 0 Å². The molecule has 2 aromatic heterocycles. The molecule has 0 bridgehead atoms. The summed E-state index contributed by atoms with van der Waals surface area (Å²) in [6.45, 7) is 7.77. The van der Waals surface area contributed by atoms with Crippen LogP contribution in [0.15, 0.2) is 24.3 Å². The average Bonchev–Trinajstić information content (AvgIpc) is 2.88. The van der Waals surface area contributed by atoms with Gasteiger partial charge in [-0.2, -0.15) is 4.98 Å². The fraction of sp³-hybridized carbons (Fsp3) is 0.250. The van der Waals surface area contributed by atoms with Gasteiger partial charge in [-0.25, -0.2) is 9.50 Å². The summed E-state index contributed by atoms with van der Waals surface area (Å²) in [5.74, 6) is 0.210. The van der Waals surface area contributed by atoms with E-state index in [4.69, 9.17) is 0 Å². The van der Waals surface area contributed by atoms with Crippen molar-refractivity contribution in [3.63, 3.8) is 0 Å². The molecule has 3 aromatic rings. The first-order chi connectivity index (χ1) is 10.5. The van der Waals surface area contributed by atoms with Gasteiger partial charge in [0.15, 0.2) is 0 Å². The Labute approximate surface area is 128 Å². The Bertz CT molecular complexity index is 882. The molecule has 0 aliphatic carbocycles. The molecule has 0 saturated heterocycles. The first-order valence-electron chi connectivity index (χ1n) is 7.04. The fourth-order valence-corrected chi connectivity index (χ4v) is 2.33. The van der Waals surface area contributed by atoms with Gasteiger partial charge in [0.2, 0.25) is 5.82 Å². The van der Waals surface area contributed by atoms with Crippen LogP contribution in [0.5, 0.6) is 0 Å². The third kappa shape index (κ3) is 2.43. The minimum Gasteiger partial charge on any atom is -0.319 e. The second-order valence-electron chi connectivity index (χ2n) is 5.39. The minimum absolute atomic E-state index is 0.113. The number of benzene rings is 1. The maximum Gasteiger partial charge on any atom is 0.295 e. The Morgan fingerprint density at radius 3 is 2.68 bits per heavy atom. The van der Waals surface area contributed by atoms with Gasteiger partial charge in [0.05, 0.1) is 0 Å². The molecular formula is C16H17N5O. The van der Waals surface area contributed by atoms with E-state index in [1.54, 1.807) is 4.52 Å². The minimum atomic E-state index is -0.337. The van der Waals surface area contributed by atoms with Crippen molar-refractivity contribution in [2.24, 2.45) is 0 Å². The Balaban J connectivity index is 1.95. The number of carbonyl (C=O) groups is 1. The van der Waals surface area contributed by atoms with E-state index >= 15 is 0 Å². The Kier molecular flexibility index (Phi) is 3.36. The highest BCUT2D eigenvalue weighted by molar-refractivity contribution is 6.02. The summed E-state index contributed by atoms with van der Waals surface area (Å²) >= 11 is 0. The molecule has 0 aliphatic rings. The molecule has 2 heterocycles. The maximum absolute atomic E-state index is 12.4. The molecule has 1 aromatic carbocycles. The highest BCUT2D eigenvalue weighted by Crippen LogP contribution is 2.18. The monoisotopic (exact) mass is 295 g/mol. The van der Waals surface area contributed by atoms with E-state index in [2.05, 4.69) is 20.4 Å². The summed E-state index contributed by atoms with van der Waals surface area (Å²) in [7, 11) is 0. The standard InChI is InChI=1S/C16H17N5O/c1-9-6-5-7-13(12(9)4)18-15(22)14-19-16-17-10(2)8-11(3)21(16)20-14/h5-8H,1-4H3,(H,18,22). The number of carbonyl (C=O) groups excluding carboxylic acids is 1. The predicted octanol–water partition coefficient (Wildman–Crippen LogP) is 2.61. The fourth-order valence-electron chi connectivity index (χ4n) is 2.33. The van der Waals surface area contributed by atoms with E-state index in [9.17, 15) is 4.79 Å². The van der Waals surface area contributed by atoms with Gasteiger partial charge in [0, 0.05) is 17.1 Å². The molecule has 112 valence electrons. The predicted molar refractivity (Wildman–Crippen MR) is 84.1 cm³/mol. The summed E-state index contributed by atoms with van der Waals surface area (Å²) in [4.78, 5) is 20.9. The van der Waals surface area contributed by atoms with E-state index in [1.807, 2.05) is 52.0 Å². The lowest BCUT2D eigenvalue weighted by molar-refractivity contribution is 0.101. The number of rotatable bonds is 2. The van der Waals surface area contributed by atoms with Gasteiger partial charge in [-0.15, -0.1) is 5.10 Å². The Morgan fingerprint density at radius 1 is 1.14 bits per heavy atom. The van der Waals surface area contributed by atoms with Crippen molar-refractivity contribution < 1.29 is 4.79 Å². The van der Waals surface area contributed by atoms with Gasteiger partial charge in [-0.05, 0) is 51.0 Å². The van der Waals surface area contributed by atoms with Crippen LogP contribution >= 0.6 is 0 Å². The third-order valence-electron chi connectivity index (χ3n) is 3.67. The van der Waals surface area contributed by atoms with Crippen molar-refractivity contribution in [2.45, 2.75) is 27.7 Å². The molecule has 0 aliphatic heterocycles. The van der Waals surface area contributed by atoms with Crippen molar-refractivity contribution in [2.75, 3.05) is 5.32 Å². The molecule has 22 heavy (non-hydrogen) atoms. The normalized spacial score (nSPS) is 10.9. The molecule has 0 saturated carbocycles. The van der Waals surface area contributed by atoms with Crippen LogP contribution in [-0.4, -0.2) is 25.5 Å². The zero-order valence-corrected chi connectivity index (χ0v) is 13.0. The highest BCUT2D eigenvalue weighted by Gasteiger charge is 2.16. The van der Waals surface area contributed by atoms with Crippen LogP contribution in [0.25, 0.3) is 5.78 Å². The Hall–Kier alpha value is -2.76. The average molecular weight is 295 g/mol. The largest absolute Gasteiger partial charge is 0.319 e. The van der Waals surface area contributed by atoms with Crippen LogP contribution in [0.3, 0.4) is 0 Å². The van der Waals surface area contributed by atoms with Crippen molar-refractivity contribution in [3.8, 4) is 0 Å². The van der Waals surface area contributed by atoms with Crippen molar-refractivity contribution in [3.05, 3.63) is 52.6 Å². The van der Waals surface area contributed by atoms with Gasteiger partial charge < -0.3 is 5.32 Å². The highest BCUT2D eigenvalue weighted by atomic mass is 16.2.